The van der Waals surface area contributed by atoms with Crippen LogP contribution in [0.3, 0.4) is 0 Å². The van der Waals surface area contributed by atoms with Crippen molar-refractivity contribution in [1.82, 2.24) is 0 Å². The predicted octanol–water partition coefficient (Wildman–Crippen LogP) is 3.32. The van der Waals surface area contributed by atoms with Gasteiger partial charge < -0.3 is 9.47 Å². The van der Waals surface area contributed by atoms with E-state index in [2.05, 4.69) is 6.92 Å². The molecule has 0 N–H and O–H groups in total. The van der Waals surface area contributed by atoms with Crippen LogP contribution in [0.5, 0.6) is 0 Å². The van der Waals surface area contributed by atoms with Crippen molar-refractivity contribution in [2.45, 2.75) is 51.9 Å². The average Bonchev–Trinajstić information content (AvgIpc) is 2.44. The number of Topliss-reactive ketones (excluding diaryl/α,β-unsaturated/α-hetero) is 1. The Balaban J connectivity index is 2.23. The van der Waals surface area contributed by atoms with Crippen LogP contribution in [0.1, 0.15) is 51.9 Å². The monoisotopic (exact) mass is 280 g/mol. The largest absolute Gasteiger partial charge is 0.493 e. The lowest BCUT2D eigenvalue weighted by molar-refractivity contribution is -0.142. The number of hydrogen-bond acceptors (Lipinski definition) is 4. The highest BCUT2D eigenvalue weighted by Gasteiger charge is 2.16. The quantitative estimate of drug-likeness (QED) is 0.480. The molecule has 20 heavy (non-hydrogen) atoms. The molecule has 0 saturated carbocycles. The molecule has 0 aromatic rings. The molecule has 112 valence electrons. The summed E-state index contributed by atoms with van der Waals surface area (Å²) in [6.07, 6.45) is 9.53. The highest BCUT2D eigenvalue weighted by molar-refractivity contribution is 5.96. The third-order valence-electron chi connectivity index (χ3n) is 3.22. The minimum atomic E-state index is -0.243. The second kappa shape index (κ2) is 9.34. The highest BCUT2D eigenvalue weighted by atomic mass is 16.5. The van der Waals surface area contributed by atoms with Gasteiger partial charge in [-0.15, -0.1) is 0 Å². The van der Waals surface area contributed by atoms with Crippen molar-refractivity contribution >= 4 is 11.8 Å². The first-order valence-corrected chi connectivity index (χ1v) is 7.31. The van der Waals surface area contributed by atoms with Crippen LogP contribution in [0.15, 0.2) is 23.5 Å². The Morgan fingerprint density at radius 1 is 1.25 bits per heavy atom. The maximum atomic E-state index is 11.7. The summed E-state index contributed by atoms with van der Waals surface area (Å²) in [4.78, 5) is 23.1. The van der Waals surface area contributed by atoms with Gasteiger partial charge in [0.2, 0.25) is 5.78 Å². The van der Waals surface area contributed by atoms with Crippen LogP contribution in [0.25, 0.3) is 0 Å². The molecule has 0 radical (unpaired) electrons. The molecule has 4 heteroatoms. The molecule has 1 rings (SSSR count). The summed E-state index contributed by atoms with van der Waals surface area (Å²) in [7, 11) is 1.46. The summed E-state index contributed by atoms with van der Waals surface area (Å²) in [6.45, 7) is 2.65. The van der Waals surface area contributed by atoms with E-state index in [1.54, 1.807) is 12.2 Å². The van der Waals surface area contributed by atoms with E-state index in [9.17, 15) is 9.59 Å². The van der Waals surface area contributed by atoms with Crippen LogP contribution >= 0.6 is 0 Å². The molecule has 0 atom stereocenters. The van der Waals surface area contributed by atoms with Gasteiger partial charge in [-0.2, -0.15) is 0 Å². The summed E-state index contributed by atoms with van der Waals surface area (Å²) in [6, 6.07) is 0. The lowest BCUT2D eigenvalue weighted by Gasteiger charge is -2.11. The third-order valence-corrected chi connectivity index (χ3v) is 3.22. The van der Waals surface area contributed by atoms with E-state index in [1.807, 2.05) is 0 Å². The van der Waals surface area contributed by atoms with Gasteiger partial charge in [0.1, 0.15) is 0 Å². The summed E-state index contributed by atoms with van der Waals surface area (Å²) < 4.78 is 10.2. The predicted molar refractivity (Wildman–Crippen MR) is 77.1 cm³/mol. The minimum absolute atomic E-state index is 0.0551. The number of esters is 1. The maximum Gasteiger partial charge on any atom is 0.310 e. The van der Waals surface area contributed by atoms with Gasteiger partial charge in [-0.25, -0.2) is 0 Å². The normalized spacial score (nSPS) is 14.6. The topological polar surface area (TPSA) is 52.6 Å². The Hall–Kier alpha value is -1.58. The van der Waals surface area contributed by atoms with Crippen molar-refractivity contribution in [3.8, 4) is 0 Å². The summed E-state index contributed by atoms with van der Waals surface area (Å²) in [5.41, 5.74) is 0.789. The Labute approximate surface area is 120 Å². The second-order valence-corrected chi connectivity index (χ2v) is 4.93. The van der Waals surface area contributed by atoms with Gasteiger partial charge in [0.25, 0.3) is 0 Å². The van der Waals surface area contributed by atoms with Gasteiger partial charge in [-0.05, 0) is 18.1 Å². The maximum absolute atomic E-state index is 11.7. The number of carbonyl (C=O) groups is 2. The lowest BCUT2D eigenvalue weighted by atomic mass is 10.0. The molecule has 1 aliphatic rings. The van der Waals surface area contributed by atoms with Crippen molar-refractivity contribution in [3.63, 3.8) is 0 Å². The average molecular weight is 280 g/mol. The molecule has 0 spiro atoms. The highest BCUT2D eigenvalue weighted by Crippen LogP contribution is 2.18. The molecular weight excluding hydrogens is 256 g/mol. The van der Waals surface area contributed by atoms with Crippen LogP contribution < -0.4 is 0 Å². The lowest BCUT2D eigenvalue weighted by Crippen LogP contribution is -2.11. The van der Waals surface area contributed by atoms with Crippen molar-refractivity contribution in [2.24, 2.45) is 0 Å². The Morgan fingerprint density at radius 3 is 2.70 bits per heavy atom. The fraction of sp³-hybridized carbons (Fsp3) is 0.625. The summed E-state index contributed by atoms with van der Waals surface area (Å²) in [5.74, 6) is 0.0169. The summed E-state index contributed by atoms with van der Waals surface area (Å²) >= 11 is 0. The van der Waals surface area contributed by atoms with Gasteiger partial charge in [0.05, 0.1) is 20.1 Å². The number of allylic oxidation sites excluding steroid dienone is 3. The first-order valence-electron chi connectivity index (χ1n) is 7.31. The van der Waals surface area contributed by atoms with Gasteiger partial charge in [-0.3, -0.25) is 9.59 Å². The second-order valence-electron chi connectivity index (χ2n) is 4.93. The van der Waals surface area contributed by atoms with Crippen LogP contribution in [0.2, 0.25) is 0 Å². The SMILES string of the molecule is CCCCCCCOC(=O)CC1=CCC(=O)C(OC)=C1. The first-order chi connectivity index (χ1) is 9.67. The molecule has 0 heterocycles. The third kappa shape index (κ3) is 6.04. The van der Waals surface area contributed by atoms with Gasteiger partial charge >= 0.3 is 5.97 Å². The number of methoxy groups -OCH3 is 1. The van der Waals surface area contributed by atoms with E-state index in [-0.39, 0.29) is 18.2 Å². The van der Waals surface area contributed by atoms with Crippen molar-refractivity contribution in [1.29, 1.82) is 0 Å². The zero-order valence-corrected chi connectivity index (χ0v) is 12.4. The fourth-order valence-corrected chi connectivity index (χ4v) is 2.04. The van der Waals surface area contributed by atoms with E-state index in [0.717, 1.165) is 18.4 Å². The first kappa shape index (κ1) is 16.5. The van der Waals surface area contributed by atoms with Crippen LogP contribution in [0.4, 0.5) is 0 Å². The molecule has 0 aromatic heterocycles. The number of hydrogen-bond donors (Lipinski definition) is 0. The molecule has 1 aliphatic carbocycles. The smallest absolute Gasteiger partial charge is 0.310 e. The zero-order valence-electron chi connectivity index (χ0n) is 12.4. The number of ketones is 1. The van der Waals surface area contributed by atoms with Gasteiger partial charge in [-0.1, -0.05) is 38.7 Å². The number of ether oxygens (including phenoxy) is 2. The molecule has 0 aromatic carbocycles. The Kier molecular flexibility index (Phi) is 7.70. The Bertz CT molecular complexity index is 393. The molecule has 0 saturated heterocycles. The number of unbranched alkanes of at least 4 members (excludes halogenated alkanes) is 4. The molecule has 0 bridgehead atoms. The van der Waals surface area contributed by atoms with Crippen LogP contribution in [0, 0.1) is 0 Å². The number of carbonyl (C=O) groups excluding carboxylic acids is 2. The van der Waals surface area contributed by atoms with Crippen molar-refractivity contribution < 1.29 is 19.1 Å². The fourth-order valence-electron chi connectivity index (χ4n) is 2.04. The molecular formula is C16H24O4. The van der Waals surface area contributed by atoms with Crippen LogP contribution in [-0.4, -0.2) is 25.5 Å². The van der Waals surface area contributed by atoms with E-state index in [0.29, 0.717) is 18.8 Å². The van der Waals surface area contributed by atoms with Crippen molar-refractivity contribution in [2.75, 3.05) is 13.7 Å². The Morgan fingerprint density at radius 2 is 2.00 bits per heavy atom. The van der Waals surface area contributed by atoms with E-state index >= 15 is 0 Å². The van der Waals surface area contributed by atoms with E-state index < -0.39 is 0 Å². The van der Waals surface area contributed by atoms with Crippen molar-refractivity contribution in [3.05, 3.63) is 23.5 Å². The molecule has 0 fully saturated rings. The van der Waals surface area contributed by atoms with E-state index in [1.165, 1.54) is 26.4 Å². The standard InChI is InChI=1S/C16H24O4/c1-3-4-5-6-7-10-20-16(18)12-13-8-9-14(17)15(11-13)19-2/h8,11H,3-7,9-10,12H2,1-2H3. The molecule has 0 aliphatic heterocycles. The molecule has 4 nitrogen and oxygen atoms in total. The summed E-state index contributed by atoms with van der Waals surface area (Å²) in [5, 5.41) is 0. The van der Waals surface area contributed by atoms with Gasteiger partial charge in [0.15, 0.2) is 5.76 Å². The molecule has 0 amide bonds. The van der Waals surface area contributed by atoms with Gasteiger partial charge in [0, 0.05) is 6.42 Å². The minimum Gasteiger partial charge on any atom is -0.493 e. The molecule has 0 unspecified atom stereocenters. The van der Waals surface area contributed by atoms with Crippen LogP contribution in [-0.2, 0) is 19.1 Å². The zero-order chi connectivity index (χ0) is 14.8. The number of rotatable bonds is 9. The van der Waals surface area contributed by atoms with E-state index in [4.69, 9.17) is 9.47 Å².